The van der Waals surface area contributed by atoms with Crippen LogP contribution in [0.3, 0.4) is 0 Å². The van der Waals surface area contributed by atoms with E-state index in [1.54, 1.807) is 20.4 Å². The number of aromatic nitrogens is 1. The Morgan fingerprint density at radius 1 is 1.24 bits per heavy atom. The van der Waals surface area contributed by atoms with Crippen molar-refractivity contribution in [3.8, 4) is 11.5 Å². The normalized spacial score (nSPS) is 16.7. The average molecular weight is 340 g/mol. The molecule has 2 aromatic rings. The molecule has 0 radical (unpaired) electrons. The summed E-state index contributed by atoms with van der Waals surface area (Å²) in [7, 11) is 3.34. The van der Waals surface area contributed by atoms with Gasteiger partial charge < -0.3 is 14.4 Å². The highest BCUT2D eigenvalue weighted by Crippen LogP contribution is 2.36. The van der Waals surface area contributed by atoms with Gasteiger partial charge in [-0.05, 0) is 43.2 Å². The van der Waals surface area contributed by atoms with E-state index in [0.29, 0.717) is 12.8 Å². The molecule has 2 heterocycles. The molecule has 1 aliphatic heterocycles. The van der Waals surface area contributed by atoms with E-state index >= 15 is 0 Å². The molecule has 132 valence electrons. The van der Waals surface area contributed by atoms with E-state index in [0.717, 1.165) is 42.3 Å². The fourth-order valence-corrected chi connectivity index (χ4v) is 3.34. The van der Waals surface area contributed by atoms with Gasteiger partial charge in [0.2, 0.25) is 5.91 Å². The van der Waals surface area contributed by atoms with Crippen molar-refractivity contribution in [1.29, 1.82) is 0 Å². The maximum atomic E-state index is 12.5. The summed E-state index contributed by atoms with van der Waals surface area (Å²) in [5.41, 5.74) is 2.07. The van der Waals surface area contributed by atoms with Gasteiger partial charge in [-0.2, -0.15) is 0 Å². The fourth-order valence-electron chi connectivity index (χ4n) is 3.34. The summed E-state index contributed by atoms with van der Waals surface area (Å²) in [5, 5.41) is 0. The molecule has 0 bridgehead atoms. The predicted molar refractivity (Wildman–Crippen MR) is 96.0 cm³/mol. The minimum atomic E-state index is 0.190. The Bertz CT molecular complexity index is 718. The highest BCUT2D eigenvalue weighted by atomic mass is 16.5. The van der Waals surface area contributed by atoms with Crippen LogP contribution >= 0.6 is 0 Å². The standard InChI is InChI=1S/C20H24N2O3/c1-24-17-7-8-19(25-2)18(13-17)15-10-12-22(14-15)20(23)9-6-16-5-3-4-11-21-16/h3-5,7-8,11,13,15H,6,9-10,12,14H2,1-2H3. The van der Waals surface area contributed by atoms with Gasteiger partial charge in [0.05, 0.1) is 14.2 Å². The predicted octanol–water partition coefficient (Wildman–Crippen LogP) is 3.05. The lowest BCUT2D eigenvalue weighted by molar-refractivity contribution is -0.130. The number of benzene rings is 1. The largest absolute Gasteiger partial charge is 0.497 e. The summed E-state index contributed by atoms with van der Waals surface area (Å²) in [5.74, 6) is 2.14. The van der Waals surface area contributed by atoms with E-state index in [1.807, 2.05) is 41.3 Å². The van der Waals surface area contributed by atoms with E-state index in [1.165, 1.54) is 0 Å². The number of hydrogen-bond acceptors (Lipinski definition) is 4. The minimum Gasteiger partial charge on any atom is -0.497 e. The molecule has 3 rings (SSSR count). The van der Waals surface area contributed by atoms with Crippen molar-refractivity contribution < 1.29 is 14.3 Å². The molecule has 0 saturated carbocycles. The van der Waals surface area contributed by atoms with Crippen molar-refractivity contribution in [2.75, 3.05) is 27.3 Å². The van der Waals surface area contributed by atoms with Crippen LogP contribution in [0.5, 0.6) is 11.5 Å². The molecule has 5 nitrogen and oxygen atoms in total. The summed E-state index contributed by atoms with van der Waals surface area (Å²) in [6.45, 7) is 1.51. The first-order valence-corrected chi connectivity index (χ1v) is 8.61. The van der Waals surface area contributed by atoms with Crippen molar-refractivity contribution in [2.45, 2.75) is 25.2 Å². The molecule has 0 aliphatic carbocycles. The van der Waals surface area contributed by atoms with Crippen molar-refractivity contribution in [3.63, 3.8) is 0 Å². The van der Waals surface area contributed by atoms with Gasteiger partial charge in [-0.3, -0.25) is 9.78 Å². The number of rotatable bonds is 6. The van der Waals surface area contributed by atoms with Crippen LogP contribution in [-0.4, -0.2) is 43.1 Å². The second kappa shape index (κ2) is 8.01. The van der Waals surface area contributed by atoms with Gasteiger partial charge in [0.15, 0.2) is 0 Å². The molecule has 0 spiro atoms. The summed E-state index contributed by atoms with van der Waals surface area (Å²) in [4.78, 5) is 18.7. The SMILES string of the molecule is COc1ccc(OC)c(C2CCN(C(=O)CCc3ccccn3)C2)c1. The third-order valence-electron chi connectivity index (χ3n) is 4.74. The zero-order valence-electron chi connectivity index (χ0n) is 14.8. The summed E-state index contributed by atoms with van der Waals surface area (Å²) in [6.07, 6.45) is 3.89. The maximum absolute atomic E-state index is 12.5. The molecule has 0 N–H and O–H groups in total. The monoisotopic (exact) mass is 340 g/mol. The number of carbonyl (C=O) groups excluding carboxylic acids is 1. The molecule has 1 unspecified atom stereocenters. The van der Waals surface area contributed by atoms with E-state index in [9.17, 15) is 4.79 Å². The van der Waals surface area contributed by atoms with Gasteiger partial charge in [-0.25, -0.2) is 0 Å². The average Bonchev–Trinajstić information content (AvgIpc) is 3.16. The molecule has 1 fully saturated rings. The molecule has 1 aromatic carbocycles. The lowest BCUT2D eigenvalue weighted by Gasteiger charge is -2.18. The molecule has 1 amide bonds. The molecule has 25 heavy (non-hydrogen) atoms. The van der Waals surface area contributed by atoms with E-state index in [-0.39, 0.29) is 11.8 Å². The Balaban J connectivity index is 1.62. The number of amides is 1. The number of ether oxygens (including phenoxy) is 2. The third-order valence-corrected chi connectivity index (χ3v) is 4.74. The highest BCUT2D eigenvalue weighted by Gasteiger charge is 2.29. The first-order chi connectivity index (χ1) is 12.2. The summed E-state index contributed by atoms with van der Waals surface area (Å²) >= 11 is 0. The van der Waals surface area contributed by atoms with Crippen molar-refractivity contribution in [2.24, 2.45) is 0 Å². The first kappa shape index (κ1) is 17.3. The van der Waals surface area contributed by atoms with Crippen molar-refractivity contribution in [3.05, 3.63) is 53.9 Å². The number of carbonyl (C=O) groups is 1. The summed E-state index contributed by atoms with van der Waals surface area (Å²) < 4.78 is 10.8. The Kier molecular flexibility index (Phi) is 5.53. The quantitative estimate of drug-likeness (QED) is 0.811. The van der Waals surface area contributed by atoms with Crippen LogP contribution in [0.2, 0.25) is 0 Å². The Hall–Kier alpha value is -2.56. The second-order valence-corrected chi connectivity index (χ2v) is 6.25. The Morgan fingerprint density at radius 3 is 2.84 bits per heavy atom. The fraction of sp³-hybridized carbons (Fsp3) is 0.400. The highest BCUT2D eigenvalue weighted by molar-refractivity contribution is 5.76. The Morgan fingerprint density at radius 2 is 2.12 bits per heavy atom. The van der Waals surface area contributed by atoms with Crippen LogP contribution in [0.15, 0.2) is 42.6 Å². The van der Waals surface area contributed by atoms with Crippen LogP contribution in [0.1, 0.15) is 30.0 Å². The van der Waals surface area contributed by atoms with E-state index in [4.69, 9.17) is 9.47 Å². The molecule has 1 aliphatic rings. The zero-order valence-corrected chi connectivity index (χ0v) is 14.8. The maximum Gasteiger partial charge on any atom is 0.222 e. The third kappa shape index (κ3) is 4.10. The lowest BCUT2D eigenvalue weighted by Crippen LogP contribution is -2.28. The number of aryl methyl sites for hydroxylation is 1. The smallest absolute Gasteiger partial charge is 0.222 e. The molecular formula is C20H24N2O3. The van der Waals surface area contributed by atoms with Crippen LogP contribution in [0.25, 0.3) is 0 Å². The van der Waals surface area contributed by atoms with Crippen LogP contribution < -0.4 is 9.47 Å². The van der Waals surface area contributed by atoms with Gasteiger partial charge >= 0.3 is 0 Å². The topological polar surface area (TPSA) is 51.7 Å². The van der Waals surface area contributed by atoms with Crippen LogP contribution in [0.4, 0.5) is 0 Å². The van der Waals surface area contributed by atoms with Crippen LogP contribution in [0, 0.1) is 0 Å². The van der Waals surface area contributed by atoms with Gasteiger partial charge in [-0.15, -0.1) is 0 Å². The number of likely N-dealkylation sites (tertiary alicyclic amines) is 1. The van der Waals surface area contributed by atoms with Crippen molar-refractivity contribution in [1.82, 2.24) is 9.88 Å². The molecule has 1 aromatic heterocycles. The van der Waals surface area contributed by atoms with Gasteiger partial charge in [-0.1, -0.05) is 6.07 Å². The van der Waals surface area contributed by atoms with Gasteiger partial charge in [0.25, 0.3) is 0 Å². The molecule has 1 atom stereocenters. The lowest BCUT2D eigenvalue weighted by atomic mass is 9.97. The first-order valence-electron chi connectivity index (χ1n) is 8.61. The number of methoxy groups -OCH3 is 2. The number of nitrogens with zero attached hydrogens (tertiary/aromatic N) is 2. The Labute approximate surface area is 148 Å². The summed E-state index contributed by atoms with van der Waals surface area (Å²) in [6, 6.07) is 11.6. The van der Waals surface area contributed by atoms with Crippen molar-refractivity contribution >= 4 is 5.91 Å². The molecular weight excluding hydrogens is 316 g/mol. The van der Waals surface area contributed by atoms with Gasteiger partial charge in [0.1, 0.15) is 11.5 Å². The molecule has 1 saturated heterocycles. The van der Waals surface area contributed by atoms with E-state index < -0.39 is 0 Å². The second-order valence-electron chi connectivity index (χ2n) is 6.25. The number of pyridine rings is 1. The van der Waals surface area contributed by atoms with Gasteiger partial charge in [0, 0.05) is 42.9 Å². The minimum absolute atomic E-state index is 0.190. The van der Waals surface area contributed by atoms with E-state index in [2.05, 4.69) is 4.98 Å². The zero-order chi connectivity index (χ0) is 17.6. The van der Waals surface area contributed by atoms with Crippen LogP contribution in [-0.2, 0) is 11.2 Å². The molecule has 5 heteroatoms. The number of hydrogen-bond donors (Lipinski definition) is 0.